The lowest BCUT2D eigenvalue weighted by atomic mass is 10.1. The van der Waals surface area contributed by atoms with E-state index < -0.39 is 0 Å². The number of imidazole rings is 1. The van der Waals surface area contributed by atoms with Crippen LogP contribution in [-0.2, 0) is 0 Å². The molecule has 2 aromatic rings. The van der Waals surface area contributed by atoms with Crippen LogP contribution in [-0.4, -0.2) is 16.1 Å². The van der Waals surface area contributed by atoms with Crippen LogP contribution in [0.25, 0.3) is 0 Å². The van der Waals surface area contributed by atoms with Crippen LogP contribution in [0, 0.1) is 0 Å². The molecule has 0 aliphatic heterocycles. The summed E-state index contributed by atoms with van der Waals surface area (Å²) < 4.78 is 3.25. The van der Waals surface area contributed by atoms with Crippen LogP contribution in [0.1, 0.15) is 37.2 Å². The molecule has 0 aliphatic carbocycles. The zero-order chi connectivity index (χ0) is 13.1. The monoisotopic (exact) mass is 307 g/mol. The standard InChI is InChI=1S/C14H18BrN3/c1-10(2)14-17-6-7-18(14)13(9-16)11-4-3-5-12(15)8-11/h3-8,10,13H,9,16H2,1-2H3. The molecule has 0 fully saturated rings. The van der Waals surface area contributed by atoms with Crippen LogP contribution in [0.4, 0.5) is 0 Å². The molecule has 1 heterocycles. The van der Waals surface area contributed by atoms with Crippen LogP contribution in [0.3, 0.4) is 0 Å². The van der Waals surface area contributed by atoms with Gasteiger partial charge in [-0.1, -0.05) is 41.9 Å². The maximum Gasteiger partial charge on any atom is 0.111 e. The fourth-order valence-corrected chi connectivity index (χ4v) is 2.58. The van der Waals surface area contributed by atoms with E-state index in [9.17, 15) is 0 Å². The average molecular weight is 308 g/mol. The second-order valence-electron chi connectivity index (χ2n) is 4.65. The molecule has 1 atom stereocenters. The van der Waals surface area contributed by atoms with E-state index in [1.165, 1.54) is 5.56 Å². The molecule has 96 valence electrons. The molecule has 2 N–H and O–H groups in total. The van der Waals surface area contributed by atoms with Gasteiger partial charge in [-0.3, -0.25) is 0 Å². The molecule has 0 spiro atoms. The van der Waals surface area contributed by atoms with Gasteiger partial charge in [0.05, 0.1) is 6.04 Å². The summed E-state index contributed by atoms with van der Waals surface area (Å²) in [5, 5.41) is 0. The van der Waals surface area contributed by atoms with Gasteiger partial charge >= 0.3 is 0 Å². The minimum absolute atomic E-state index is 0.141. The Hall–Kier alpha value is -1.13. The minimum atomic E-state index is 0.141. The predicted octanol–water partition coefficient (Wildman–Crippen LogP) is 3.32. The minimum Gasteiger partial charge on any atom is -0.328 e. The molecular weight excluding hydrogens is 290 g/mol. The van der Waals surface area contributed by atoms with Gasteiger partial charge < -0.3 is 10.3 Å². The van der Waals surface area contributed by atoms with E-state index in [0.29, 0.717) is 12.5 Å². The van der Waals surface area contributed by atoms with Gasteiger partial charge in [0.25, 0.3) is 0 Å². The summed E-state index contributed by atoms with van der Waals surface area (Å²) >= 11 is 3.50. The van der Waals surface area contributed by atoms with Gasteiger partial charge in [-0.05, 0) is 17.7 Å². The highest BCUT2D eigenvalue weighted by Gasteiger charge is 2.17. The number of nitrogens with zero attached hydrogens (tertiary/aromatic N) is 2. The fraction of sp³-hybridized carbons (Fsp3) is 0.357. The third kappa shape index (κ3) is 2.65. The van der Waals surface area contributed by atoms with Crippen molar-refractivity contribution in [2.75, 3.05) is 6.54 Å². The third-order valence-corrected chi connectivity index (χ3v) is 3.50. The Morgan fingerprint density at radius 1 is 1.39 bits per heavy atom. The van der Waals surface area contributed by atoms with E-state index in [2.05, 4.69) is 51.5 Å². The second kappa shape index (κ2) is 5.67. The second-order valence-corrected chi connectivity index (χ2v) is 5.57. The van der Waals surface area contributed by atoms with Gasteiger partial charge in [0.15, 0.2) is 0 Å². The smallest absolute Gasteiger partial charge is 0.111 e. The maximum absolute atomic E-state index is 5.95. The fourth-order valence-electron chi connectivity index (χ4n) is 2.16. The summed E-state index contributed by atoms with van der Waals surface area (Å²) in [5.41, 5.74) is 7.15. The molecule has 1 aromatic heterocycles. The van der Waals surface area contributed by atoms with E-state index in [0.717, 1.165) is 10.3 Å². The molecule has 0 amide bonds. The molecule has 2 rings (SSSR count). The van der Waals surface area contributed by atoms with Crippen LogP contribution in [0.2, 0.25) is 0 Å². The molecule has 0 saturated carbocycles. The maximum atomic E-state index is 5.95. The first-order chi connectivity index (χ1) is 8.63. The number of hydrogen-bond donors (Lipinski definition) is 1. The summed E-state index contributed by atoms with van der Waals surface area (Å²) in [6.07, 6.45) is 3.85. The first-order valence-electron chi connectivity index (χ1n) is 6.11. The van der Waals surface area contributed by atoms with Gasteiger partial charge in [0.1, 0.15) is 5.82 Å². The molecule has 0 aliphatic rings. The topological polar surface area (TPSA) is 43.8 Å². The lowest BCUT2D eigenvalue weighted by molar-refractivity contribution is 0.548. The third-order valence-electron chi connectivity index (χ3n) is 3.01. The van der Waals surface area contributed by atoms with Crippen LogP contribution in [0.15, 0.2) is 41.1 Å². The normalized spacial score (nSPS) is 12.9. The van der Waals surface area contributed by atoms with Gasteiger partial charge in [-0.2, -0.15) is 0 Å². The summed E-state index contributed by atoms with van der Waals surface area (Å²) in [4.78, 5) is 4.43. The summed E-state index contributed by atoms with van der Waals surface area (Å²) in [7, 11) is 0. The van der Waals surface area contributed by atoms with Crippen molar-refractivity contribution in [3.05, 3.63) is 52.5 Å². The molecule has 1 unspecified atom stereocenters. The van der Waals surface area contributed by atoms with Crippen molar-refractivity contribution in [2.24, 2.45) is 5.73 Å². The SMILES string of the molecule is CC(C)c1nccn1C(CN)c1cccc(Br)c1. The zero-order valence-electron chi connectivity index (χ0n) is 10.7. The Morgan fingerprint density at radius 2 is 2.17 bits per heavy atom. The molecule has 3 nitrogen and oxygen atoms in total. The largest absolute Gasteiger partial charge is 0.328 e. The summed E-state index contributed by atoms with van der Waals surface area (Å²) in [5.74, 6) is 1.46. The van der Waals surface area contributed by atoms with Crippen molar-refractivity contribution in [1.82, 2.24) is 9.55 Å². The zero-order valence-corrected chi connectivity index (χ0v) is 12.3. The van der Waals surface area contributed by atoms with Crippen LogP contribution >= 0.6 is 15.9 Å². The predicted molar refractivity (Wildman–Crippen MR) is 77.7 cm³/mol. The van der Waals surface area contributed by atoms with Gasteiger partial charge in [-0.15, -0.1) is 0 Å². The van der Waals surface area contributed by atoms with E-state index in [4.69, 9.17) is 5.73 Å². The lowest BCUT2D eigenvalue weighted by Crippen LogP contribution is -2.22. The van der Waals surface area contributed by atoms with Crippen molar-refractivity contribution in [1.29, 1.82) is 0 Å². The Kier molecular flexibility index (Phi) is 4.19. The van der Waals surface area contributed by atoms with Crippen molar-refractivity contribution in [3.63, 3.8) is 0 Å². The molecule has 1 aromatic carbocycles. The molecule has 4 heteroatoms. The van der Waals surface area contributed by atoms with E-state index in [-0.39, 0.29) is 6.04 Å². The number of aromatic nitrogens is 2. The molecule has 0 radical (unpaired) electrons. The lowest BCUT2D eigenvalue weighted by Gasteiger charge is -2.21. The van der Waals surface area contributed by atoms with E-state index in [1.54, 1.807) is 0 Å². The van der Waals surface area contributed by atoms with E-state index in [1.807, 2.05) is 24.5 Å². The molecule has 18 heavy (non-hydrogen) atoms. The quantitative estimate of drug-likeness (QED) is 0.941. The van der Waals surface area contributed by atoms with Crippen molar-refractivity contribution < 1.29 is 0 Å². The highest BCUT2D eigenvalue weighted by Crippen LogP contribution is 2.24. The van der Waals surface area contributed by atoms with Gasteiger partial charge in [0, 0.05) is 29.3 Å². The number of hydrogen-bond acceptors (Lipinski definition) is 2. The Labute approximate surface area is 116 Å². The number of rotatable bonds is 4. The van der Waals surface area contributed by atoms with Crippen molar-refractivity contribution in [2.45, 2.75) is 25.8 Å². The summed E-state index contributed by atoms with van der Waals surface area (Å²) in [6, 6.07) is 8.42. The van der Waals surface area contributed by atoms with E-state index >= 15 is 0 Å². The summed E-state index contributed by atoms with van der Waals surface area (Å²) in [6.45, 7) is 4.85. The first-order valence-corrected chi connectivity index (χ1v) is 6.91. The first kappa shape index (κ1) is 13.3. The Bertz CT molecular complexity index is 519. The highest BCUT2D eigenvalue weighted by molar-refractivity contribution is 9.10. The van der Waals surface area contributed by atoms with Crippen LogP contribution in [0.5, 0.6) is 0 Å². The van der Waals surface area contributed by atoms with Crippen molar-refractivity contribution in [3.8, 4) is 0 Å². The van der Waals surface area contributed by atoms with Gasteiger partial charge in [0.2, 0.25) is 0 Å². The molecular formula is C14H18BrN3. The number of halogens is 1. The van der Waals surface area contributed by atoms with Crippen molar-refractivity contribution >= 4 is 15.9 Å². The highest BCUT2D eigenvalue weighted by atomic mass is 79.9. The van der Waals surface area contributed by atoms with Crippen LogP contribution < -0.4 is 5.73 Å². The number of benzene rings is 1. The van der Waals surface area contributed by atoms with Gasteiger partial charge in [-0.25, -0.2) is 4.98 Å². The number of nitrogens with two attached hydrogens (primary N) is 1. The Balaban J connectivity index is 2.42. The molecule has 0 saturated heterocycles. The Morgan fingerprint density at radius 3 is 2.78 bits per heavy atom. The average Bonchev–Trinajstić information content (AvgIpc) is 2.79. The molecule has 0 bridgehead atoms.